The van der Waals surface area contributed by atoms with E-state index in [2.05, 4.69) is 79.4 Å². The lowest BCUT2D eigenvalue weighted by Gasteiger charge is -2.62. The fourth-order valence-corrected chi connectivity index (χ4v) is 3.82. The summed E-state index contributed by atoms with van der Waals surface area (Å²) in [6.45, 7) is 11.2. The molecule has 22 heavy (non-hydrogen) atoms. The highest BCUT2D eigenvalue weighted by Gasteiger charge is 2.53. The quantitative estimate of drug-likeness (QED) is 0.683. The molecule has 1 aliphatic heterocycles. The topological polar surface area (TPSA) is 30.9 Å². The molecule has 1 saturated heterocycles. The van der Waals surface area contributed by atoms with Crippen LogP contribution in [-0.4, -0.2) is 55.5 Å². The first-order chi connectivity index (χ1) is 10.2. The summed E-state index contributed by atoms with van der Waals surface area (Å²) in [6.07, 6.45) is 0. The number of hydrogen-bond donors (Lipinski definition) is 1. The van der Waals surface area contributed by atoms with Crippen LogP contribution in [0.25, 0.3) is 0 Å². The van der Waals surface area contributed by atoms with Crippen molar-refractivity contribution in [1.82, 2.24) is 15.1 Å². The van der Waals surface area contributed by atoms with Crippen molar-refractivity contribution in [3.8, 4) is 0 Å². The maximum Gasteiger partial charge on any atom is 0.194 e. The highest BCUT2D eigenvalue weighted by Crippen LogP contribution is 2.46. The molecule has 5 heteroatoms. The molecular formula is C17H30N4S. The van der Waals surface area contributed by atoms with E-state index in [1.54, 1.807) is 0 Å². The lowest BCUT2D eigenvalue weighted by Crippen LogP contribution is -2.72. The summed E-state index contributed by atoms with van der Waals surface area (Å²) in [5.41, 5.74) is 0.449. The van der Waals surface area contributed by atoms with Crippen LogP contribution in [0.15, 0.2) is 22.5 Å². The molecule has 0 aromatic carbocycles. The van der Waals surface area contributed by atoms with Crippen LogP contribution in [-0.2, 0) is 0 Å². The molecule has 0 amide bonds. The van der Waals surface area contributed by atoms with Crippen molar-refractivity contribution >= 4 is 17.3 Å². The first kappa shape index (κ1) is 17.3. The first-order valence-electron chi connectivity index (χ1n) is 7.89. The fraction of sp³-hybridized carbons (Fsp3) is 0.706. The van der Waals surface area contributed by atoms with E-state index < -0.39 is 0 Å². The van der Waals surface area contributed by atoms with Gasteiger partial charge in [0.25, 0.3) is 0 Å². The van der Waals surface area contributed by atoms with E-state index in [0.717, 1.165) is 19.0 Å². The van der Waals surface area contributed by atoms with Gasteiger partial charge in [0.05, 0.1) is 6.04 Å². The number of likely N-dealkylation sites (tertiary alicyclic amines) is 1. The summed E-state index contributed by atoms with van der Waals surface area (Å²) >= 11 is 1.81. The van der Waals surface area contributed by atoms with Gasteiger partial charge >= 0.3 is 0 Å². The largest absolute Gasteiger partial charge is 0.354 e. The van der Waals surface area contributed by atoms with Crippen LogP contribution in [0.3, 0.4) is 0 Å². The van der Waals surface area contributed by atoms with Crippen LogP contribution in [0.5, 0.6) is 0 Å². The van der Waals surface area contributed by atoms with Crippen LogP contribution in [0, 0.1) is 5.41 Å². The molecule has 2 rings (SSSR count). The number of aliphatic imine (C=N–C) groups is 1. The Balaban J connectivity index is 2.03. The van der Waals surface area contributed by atoms with E-state index in [1.165, 1.54) is 4.88 Å². The summed E-state index contributed by atoms with van der Waals surface area (Å²) in [5, 5.41) is 5.72. The Morgan fingerprint density at radius 2 is 2.09 bits per heavy atom. The molecule has 4 nitrogen and oxygen atoms in total. The van der Waals surface area contributed by atoms with Crippen molar-refractivity contribution in [1.29, 1.82) is 0 Å². The van der Waals surface area contributed by atoms with Gasteiger partial charge in [0.2, 0.25) is 0 Å². The Morgan fingerprint density at radius 1 is 1.41 bits per heavy atom. The smallest absolute Gasteiger partial charge is 0.194 e. The molecule has 1 aromatic heterocycles. The number of likely N-dealkylation sites (N-methyl/N-ethyl adjacent to an activating group) is 1. The maximum absolute atomic E-state index is 4.50. The van der Waals surface area contributed by atoms with E-state index in [1.807, 2.05) is 18.4 Å². The van der Waals surface area contributed by atoms with E-state index in [-0.39, 0.29) is 5.54 Å². The van der Waals surface area contributed by atoms with Crippen LogP contribution < -0.4 is 5.32 Å². The van der Waals surface area contributed by atoms with Crippen LogP contribution in [0.4, 0.5) is 0 Å². The molecule has 124 valence electrons. The average molecular weight is 323 g/mol. The van der Waals surface area contributed by atoms with Gasteiger partial charge in [-0.25, -0.2) is 0 Å². The Kier molecular flexibility index (Phi) is 4.87. The van der Waals surface area contributed by atoms with Gasteiger partial charge in [-0.3, -0.25) is 4.99 Å². The van der Waals surface area contributed by atoms with Gasteiger partial charge in [-0.1, -0.05) is 19.9 Å². The van der Waals surface area contributed by atoms with Gasteiger partial charge in [0, 0.05) is 36.0 Å². The molecule has 0 bridgehead atoms. The maximum atomic E-state index is 4.50. The second-order valence-electron chi connectivity index (χ2n) is 7.45. The van der Waals surface area contributed by atoms with Crippen molar-refractivity contribution in [2.24, 2.45) is 10.4 Å². The van der Waals surface area contributed by atoms with Crippen LogP contribution in [0.2, 0.25) is 0 Å². The lowest BCUT2D eigenvalue weighted by molar-refractivity contribution is -0.0668. The van der Waals surface area contributed by atoms with Crippen molar-refractivity contribution in [3.05, 3.63) is 22.4 Å². The summed E-state index contributed by atoms with van der Waals surface area (Å²) in [7, 11) is 6.14. The zero-order valence-electron chi connectivity index (χ0n) is 15.0. The first-order valence-corrected chi connectivity index (χ1v) is 8.77. The molecule has 1 aliphatic rings. The van der Waals surface area contributed by atoms with Gasteiger partial charge in [-0.2, -0.15) is 0 Å². The zero-order chi connectivity index (χ0) is 16.5. The van der Waals surface area contributed by atoms with Gasteiger partial charge in [0.1, 0.15) is 0 Å². The molecule has 0 aliphatic carbocycles. The van der Waals surface area contributed by atoms with E-state index in [4.69, 9.17) is 0 Å². The number of nitrogens with one attached hydrogen (secondary N) is 1. The van der Waals surface area contributed by atoms with Gasteiger partial charge < -0.3 is 15.1 Å². The fourth-order valence-electron chi connectivity index (χ4n) is 2.90. The molecule has 1 atom stereocenters. The van der Waals surface area contributed by atoms with Gasteiger partial charge in [0.15, 0.2) is 5.96 Å². The zero-order valence-corrected chi connectivity index (χ0v) is 15.8. The molecule has 1 N–H and O–H groups in total. The Hall–Kier alpha value is -1.07. The lowest BCUT2D eigenvalue weighted by atomic mass is 9.65. The van der Waals surface area contributed by atoms with Gasteiger partial charge in [-0.15, -0.1) is 11.3 Å². The number of rotatable bonds is 4. The second-order valence-corrected chi connectivity index (χ2v) is 8.43. The molecule has 1 unspecified atom stereocenters. The average Bonchev–Trinajstić information content (AvgIpc) is 2.95. The highest BCUT2D eigenvalue weighted by molar-refractivity contribution is 7.10. The molecule has 2 heterocycles. The Morgan fingerprint density at radius 3 is 2.50 bits per heavy atom. The van der Waals surface area contributed by atoms with Crippen molar-refractivity contribution < 1.29 is 0 Å². The number of guanidine groups is 1. The number of hydrogen-bond acceptors (Lipinski definition) is 3. The SMILES string of the molecule is CN=C(NCC(c1cccs1)N(C)C)N1CC(C)(C)C1(C)C. The third kappa shape index (κ3) is 3.01. The minimum atomic E-state index is 0.130. The van der Waals surface area contributed by atoms with Crippen molar-refractivity contribution in [2.45, 2.75) is 39.3 Å². The third-order valence-corrected chi connectivity index (χ3v) is 6.27. The second kappa shape index (κ2) is 6.20. The summed E-state index contributed by atoms with van der Waals surface area (Å²) in [6, 6.07) is 4.69. The monoisotopic (exact) mass is 322 g/mol. The Labute approximate surface area is 139 Å². The molecule has 1 fully saturated rings. The van der Waals surface area contributed by atoms with Crippen LogP contribution >= 0.6 is 11.3 Å². The standard InChI is InChI=1S/C17H30N4S/c1-16(2)12-21(17(16,3)4)15(18-5)19-11-13(20(6)7)14-9-8-10-22-14/h8-10,13H,11-12H2,1-7H3,(H,18,19). The highest BCUT2D eigenvalue weighted by atomic mass is 32.1. The number of nitrogens with zero attached hydrogens (tertiary/aromatic N) is 3. The van der Waals surface area contributed by atoms with Crippen molar-refractivity contribution in [2.75, 3.05) is 34.2 Å². The summed E-state index contributed by atoms with van der Waals surface area (Å²) in [4.78, 5) is 10.5. The molecule has 0 saturated carbocycles. The normalized spacial score (nSPS) is 21.6. The summed E-state index contributed by atoms with van der Waals surface area (Å²) in [5.74, 6) is 1.01. The molecular weight excluding hydrogens is 292 g/mol. The molecule has 0 spiro atoms. The molecule has 0 radical (unpaired) electrons. The van der Waals surface area contributed by atoms with E-state index in [0.29, 0.717) is 11.5 Å². The summed E-state index contributed by atoms with van der Waals surface area (Å²) < 4.78 is 0. The minimum absolute atomic E-state index is 0.130. The Bertz CT molecular complexity index is 517. The van der Waals surface area contributed by atoms with E-state index >= 15 is 0 Å². The van der Waals surface area contributed by atoms with Crippen LogP contribution in [0.1, 0.15) is 38.6 Å². The molecule has 1 aromatic rings. The van der Waals surface area contributed by atoms with Gasteiger partial charge in [-0.05, 0) is 39.4 Å². The third-order valence-electron chi connectivity index (χ3n) is 5.30. The van der Waals surface area contributed by atoms with E-state index in [9.17, 15) is 0 Å². The predicted octanol–water partition coefficient (Wildman–Crippen LogP) is 3.05. The van der Waals surface area contributed by atoms with Crippen molar-refractivity contribution in [3.63, 3.8) is 0 Å². The number of thiophene rings is 1. The minimum Gasteiger partial charge on any atom is -0.354 e. The predicted molar refractivity (Wildman–Crippen MR) is 96.7 cm³/mol.